The van der Waals surface area contributed by atoms with Gasteiger partial charge >= 0.3 is 0 Å². The van der Waals surface area contributed by atoms with Gasteiger partial charge in [-0.2, -0.15) is 0 Å². The van der Waals surface area contributed by atoms with Gasteiger partial charge < -0.3 is 25.3 Å². The molecule has 1 aromatic heterocycles. The molecule has 2 N–H and O–H groups in total. The highest BCUT2D eigenvalue weighted by Gasteiger charge is 2.21. The average Bonchev–Trinajstić information content (AvgIpc) is 3.33. The van der Waals surface area contributed by atoms with Gasteiger partial charge in [-0.3, -0.25) is 0 Å². The highest BCUT2D eigenvalue weighted by atomic mass is 32.1. The van der Waals surface area contributed by atoms with Gasteiger partial charge in [-0.25, -0.2) is 4.98 Å². The fraction of sp³-hybridized carbons (Fsp3) is 0.308. The zero-order valence-corrected chi connectivity index (χ0v) is 19.5. The topological polar surface area (TPSA) is 64.5 Å². The quantitative estimate of drug-likeness (QED) is 0.501. The van der Waals surface area contributed by atoms with Gasteiger partial charge in [0, 0.05) is 67.5 Å². The number of hydrogen-bond acceptors (Lipinski definition) is 7. The molecule has 2 aromatic carbocycles. The molecule has 0 amide bonds. The van der Waals surface area contributed by atoms with E-state index < -0.39 is 0 Å². The Morgan fingerprint density at radius 1 is 1.03 bits per heavy atom. The van der Waals surface area contributed by atoms with E-state index in [2.05, 4.69) is 57.6 Å². The van der Waals surface area contributed by atoms with E-state index in [0.717, 1.165) is 63.1 Å². The molecule has 170 valence electrons. The minimum Gasteiger partial charge on any atom is -0.378 e. The van der Waals surface area contributed by atoms with Crippen molar-refractivity contribution < 1.29 is 4.74 Å². The second kappa shape index (κ2) is 10.2. The van der Waals surface area contributed by atoms with Gasteiger partial charge in [-0.15, -0.1) is 11.3 Å². The molecule has 7 heteroatoms. The summed E-state index contributed by atoms with van der Waals surface area (Å²) in [5.41, 5.74) is 6.48. The molecule has 6 nitrogen and oxygen atoms in total. The van der Waals surface area contributed by atoms with Crippen LogP contribution in [0.2, 0.25) is 0 Å². The van der Waals surface area contributed by atoms with Crippen molar-refractivity contribution in [2.45, 2.75) is 19.4 Å². The fourth-order valence-corrected chi connectivity index (χ4v) is 5.33. The molecule has 1 saturated heterocycles. The summed E-state index contributed by atoms with van der Waals surface area (Å²) in [6.07, 6.45) is 8.66. The summed E-state index contributed by atoms with van der Waals surface area (Å²) in [5.74, 6) is 0. The third-order valence-electron chi connectivity index (χ3n) is 6.16. The average molecular weight is 460 g/mol. The predicted molar refractivity (Wildman–Crippen MR) is 137 cm³/mol. The Balaban J connectivity index is 1.23. The lowest BCUT2D eigenvalue weighted by Crippen LogP contribution is -2.36. The highest BCUT2D eigenvalue weighted by molar-refractivity contribution is 7.15. The van der Waals surface area contributed by atoms with Crippen molar-refractivity contribution in [3.63, 3.8) is 0 Å². The third-order valence-corrected chi connectivity index (χ3v) is 7.22. The molecule has 3 aromatic rings. The minimum atomic E-state index is 0.812. The number of hydrogen-bond donors (Lipinski definition) is 2. The van der Waals surface area contributed by atoms with Crippen molar-refractivity contribution in [1.29, 1.82) is 5.41 Å². The van der Waals surface area contributed by atoms with Crippen LogP contribution in [-0.4, -0.2) is 44.0 Å². The van der Waals surface area contributed by atoms with Crippen LogP contribution in [0.1, 0.15) is 21.6 Å². The second-order valence-corrected chi connectivity index (χ2v) is 9.47. The Hall–Kier alpha value is -3.16. The van der Waals surface area contributed by atoms with Crippen molar-refractivity contribution >= 4 is 34.1 Å². The molecular weight excluding hydrogens is 430 g/mol. The summed E-state index contributed by atoms with van der Waals surface area (Å²) >= 11 is 1.80. The first-order valence-electron chi connectivity index (χ1n) is 11.4. The predicted octanol–water partition coefficient (Wildman–Crippen LogP) is 4.71. The molecule has 3 heterocycles. The van der Waals surface area contributed by atoms with Gasteiger partial charge in [0.25, 0.3) is 0 Å². The number of fused-ring (bicyclic) bond motifs is 1. The van der Waals surface area contributed by atoms with Crippen LogP contribution < -0.4 is 15.1 Å². The molecule has 0 atom stereocenters. The van der Waals surface area contributed by atoms with Crippen molar-refractivity contribution in [1.82, 2.24) is 4.98 Å². The number of morpholine rings is 1. The number of benzene rings is 2. The van der Waals surface area contributed by atoms with Crippen molar-refractivity contribution in [2.24, 2.45) is 0 Å². The van der Waals surface area contributed by atoms with Gasteiger partial charge in [-0.05, 0) is 53.5 Å². The van der Waals surface area contributed by atoms with Gasteiger partial charge in [0.1, 0.15) is 0 Å². The Morgan fingerprint density at radius 3 is 2.70 bits per heavy atom. The largest absolute Gasteiger partial charge is 0.378 e. The zero-order chi connectivity index (χ0) is 22.5. The molecule has 0 bridgehead atoms. The Morgan fingerprint density at radius 2 is 1.88 bits per heavy atom. The number of aromatic nitrogens is 1. The molecule has 0 aliphatic carbocycles. The number of rotatable bonds is 7. The maximum absolute atomic E-state index is 7.03. The number of anilines is 3. The molecular formula is C26H29N5OS. The molecule has 2 aliphatic heterocycles. The van der Waals surface area contributed by atoms with Crippen LogP contribution in [0.4, 0.5) is 16.5 Å². The molecule has 0 radical (unpaired) electrons. The first kappa shape index (κ1) is 21.7. The van der Waals surface area contributed by atoms with Gasteiger partial charge in [0.05, 0.1) is 13.2 Å². The van der Waals surface area contributed by atoms with E-state index in [1.54, 1.807) is 23.6 Å². The van der Waals surface area contributed by atoms with E-state index in [0.29, 0.717) is 0 Å². The van der Waals surface area contributed by atoms with Crippen molar-refractivity contribution in [3.05, 3.63) is 82.5 Å². The Labute approximate surface area is 199 Å². The van der Waals surface area contributed by atoms with Crippen LogP contribution in [0.25, 0.3) is 0 Å². The van der Waals surface area contributed by atoms with Gasteiger partial charge in [0.15, 0.2) is 5.13 Å². The lowest BCUT2D eigenvalue weighted by atomic mass is 9.99. The van der Waals surface area contributed by atoms with Crippen molar-refractivity contribution in [2.75, 3.05) is 48.0 Å². The first-order valence-corrected chi connectivity index (χ1v) is 12.3. The number of thiazole rings is 1. The lowest BCUT2D eigenvalue weighted by molar-refractivity contribution is 0.122. The molecule has 1 fully saturated rings. The zero-order valence-electron chi connectivity index (χ0n) is 18.7. The minimum absolute atomic E-state index is 0.812. The molecule has 2 aliphatic rings. The summed E-state index contributed by atoms with van der Waals surface area (Å²) in [6, 6.07) is 15.4. The van der Waals surface area contributed by atoms with Crippen molar-refractivity contribution in [3.8, 4) is 0 Å². The summed E-state index contributed by atoms with van der Waals surface area (Å²) in [4.78, 5) is 10.9. The second-order valence-electron chi connectivity index (χ2n) is 8.38. The Kier molecular flexibility index (Phi) is 6.69. The van der Waals surface area contributed by atoms with E-state index >= 15 is 0 Å². The maximum Gasteiger partial charge on any atom is 0.185 e. The third kappa shape index (κ3) is 5.26. The molecule has 0 spiro atoms. The van der Waals surface area contributed by atoms with Gasteiger partial charge in [0.2, 0.25) is 0 Å². The summed E-state index contributed by atoms with van der Waals surface area (Å²) in [6.45, 7) is 5.49. The smallest absolute Gasteiger partial charge is 0.185 e. The van der Waals surface area contributed by atoms with Gasteiger partial charge in [-0.1, -0.05) is 18.2 Å². The number of nitrogens with zero attached hydrogens (tertiary/aromatic N) is 3. The first-order chi connectivity index (χ1) is 16.3. The number of ether oxygens (including phenoxy) is 1. The van der Waals surface area contributed by atoms with Crippen LogP contribution in [0, 0.1) is 5.41 Å². The molecule has 0 saturated carbocycles. The van der Waals surface area contributed by atoms with E-state index in [-0.39, 0.29) is 0 Å². The number of nitrogens with one attached hydrogen (secondary N) is 2. The summed E-state index contributed by atoms with van der Waals surface area (Å²) in [7, 11) is 0. The van der Waals surface area contributed by atoms with Crippen LogP contribution in [-0.2, 0) is 24.1 Å². The highest BCUT2D eigenvalue weighted by Crippen LogP contribution is 2.31. The van der Waals surface area contributed by atoms with Crippen LogP contribution >= 0.6 is 11.3 Å². The summed E-state index contributed by atoms with van der Waals surface area (Å²) < 4.78 is 5.51. The number of allylic oxidation sites excluding steroid dienone is 1. The molecule has 33 heavy (non-hydrogen) atoms. The van der Waals surface area contributed by atoms with E-state index in [9.17, 15) is 0 Å². The SMILES string of the molecule is N=C/C=C\Nc1ccc(Cc2cnc(N3CCc4ccc(N5CCOCC5)cc4C3)s2)cc1. The fourth-order valence-electron chi connectivity index (χ4n) is 4.36. The van der Waals surface area contributed by atoms with E-state index in [1.807, 2.05) is 6.20 Å². The van der Waals surface area contributed by atoms with E-state index in [1.165, 1.54) is 33.5 Å². The standard InChI is InChI=1S/C26H29N5OS/c27-9-1-10-28-23-5-2-20(3-6-23)16-25-18-29-26(33-25)31-11-8-21-4-7-24(17-22(21)19-31)30-12-14-32-15-13-30/h1-7,9-10,17-18,27-28H,8,11-16,19H2/b10-1-,27-9?. The lowest BCUT2D eigenvalue weighted by Gasteiger charge is -2.32. The van der Waals surface area contributed by atoms with Crippen LogP contribution in [0.5, 0.6) is 0 Å². The molecule has 0 unspecified atom stereocenters. The maximum atomic E-state index is 7.03. The van der Waals surface area contributed by atoms with E-state index in [4.69, 9.17) is 15.1 Å². The molecule has 5 rings (SSSR count). The van der Waals surface area contributed by atoms with Crippen LogP contribution in [0.3, 0.4) is 0 Å². The monoisotopic (exact) mass is 459 g/mol. The Bertz CT molecular complexity index is 1120. The van der Waals surface area contributed by atoms with Crippen LogP contribution in [0.15, 0.2) is 60.9 Å². The summed E-state index contributed by atoms with van der Waals surface area (Å²) in [5, 5.41) is 11.3. The normalized spacial score (nSPS) is 16.1.